The SMILES string of the molecule is CC(C)(C)OC(=O)NCC(O)Cc1cccc(Br)c1. The van der Waals surface area contributed by atoms with Gasteiger partial charge in [0.1, 0.15) is 5.60 Å². The molecular weight excluding hydrogens is 310 g/mol. The van der Waals surface area contributed by atoms with E-state index in [9.17, 15) is 9.90 Å². The number of hydrogen-bond acceptors (Lipinski definition) is 3. The Balaban J connectivity index is 2.36. The molecule has 1 atom stereocenters. The number of alkyl carbamates (subject to hydrolysis) is 1. The van der Waals surface area contributed by atoms with E-state index in [-0.39, 0.29) is 6.54 Å². The zero-order valence-electron chi connectivity index (χ0n) is 11.4. The summed E-state index contributed by atoms with van der Waals surface area (Å²) < 4.78 is 6.06. The summed E-state index contributed by atoms with van der Waals surface area (Å²) in [6, 6.07) is 7.71. The van der Waals surface area contributed by atoms with Gasteiger partial charge in [0, 0.05) is 17.4 Å². The molecule has 0 spiro atoms. The molecular formula is C14H20BrNO3. The van der Waals surface area contributed by atoms with Crippen molar-refractivity contribution in [1.82, 2.24) is 5.32 Å². The number of nitrogens with one attached hydrogen (secondary N) is 1. The van der Waals surface area contributed by atoms with Gasteiger partial charge in [0.15, 0.2) is 0 Å². The lowest BCUT2D eigenvalue weighted by Gasteiger charge is -2.20. The van der Waals surface area contributed by atoms with Gasteiger partial charge in [-0.25, -0.2) is 4.79 Å². The second-order valence-corrected chi connectivity index (χ2v) is 6.29. The number of carbonyl (C=O) groups is 1. The minimum absolute atomic E-state index is 0.168. The maximum Gasteiger partial charge on any atom is 0.407 e. The smallest absolute Gasteiger partial charge is 0.407 e. The topological polar surface area (TPSA) is 58.6 Å². The summed E-state index contributed by atoms with van der Waals surface area (Å²) >= 11 is 3.38. The minimum atomic E-state index is -0.637. The number of aliphatic hydroxyl groups excluding tert-OH is 1. The molecule has 0 heterocycles. The van der Waals surface area contributed by atoms with Crippen LogP contribution in [0.15, 0.2) is 28.7 Å². The first kappa shape index (κ1) is 16.0. The zero-order valence-corrected chi connectivity index (χ0v) is 13.0. The molecule has 106 valence electrons. The molecule has 0 aliphatic rings. The molecule has 1 aromatic rings. The van der Waals surface area contributed by atoms with E-state index in [1.165, 1.54) is 0 Å². The lowest BCUT2D eigenvalue weighted by atomic mass is 10.1. The van der Waals surface area contributed by atoms with E-state index < -0.39 is 17.8 Å². The van der Waals surface area contributed by atoms with E-state index in [2.05, 4.69) is 21.2 Å². The van der Waals surface area contributed by atoms with Crippen LogP contribution in [0.2, 0.25) is 0 Å². The molecule has 1 unspecified atom stereocenters. The zero-order chi connectivity index (χ0) is 14.5. The third kappa shape index (κ3) is 7.18. The predicted octanol–water partition coefficient (Wildman–Crippen LogP) is 2.88. The molecule has 1 amide bonds. The van der Waals surface area contributed by atoms with E-state index in [0.29, 0.717) is 6.42 Å². The summed E-state index contributed by atoms with van der Waals surface area (Å²) in [6.07, 6.45) is -0.669. The molecule has 0 aromatic heterocycles. The van der Waals surface area contributed by atoms with Crippen molar-refractivity contribution in [3.05, 3.63) is 34.3 Å². The average Bonchev–Trinajstić information content (AvgIpc) is 2.24. The van der Waals surface area contributed by atoms with Crippen molar-refractivity contribution in [2.24, 2.45) is 0 Å². The standard InChI is InChI=1S/C14H20BrNO3/c1-14(2,3)19-13(18)16-9-12(17)8-10-5-4-6-11(15)7-10/h4-7,12,17H,8-9H2,1-3H3,(H,16,18). The second kappa shape index (κ2) is 6.91. The van der Waals surface area contributed by atoms with Gasteiger partial charge in [0.2, 0.25) is 0 Å². The highest BCUT2D eigenvalue weighted by atomic mass is 79.9. The molecule has 0 bridgehead atoms. The van der Waals surface area contributed by atoms with Crippen LogP contribution in [0.1, 0.15) is 26.3 Å². The number of amides is 1. The predicted molar refractivity (Wildman–Crippen MR) is 78.1 cm³/mol. The van der Waals surface area contributed by atoms with E-state index in [1.54, 1.807) is 20.8 Å². The number of benzene rings is 1. The van der Waals surface area contributed by atoms with Gasteiger partial charge in [0.25, 0.3) is 0 Å². The monoisotopic (exact) mass is 329 g/mol. The van der Waals surface area contributed by atoms with Crippen LogP contribution in [0.3, 0.4) is 0 Å². The molecule has 0 saturated carbocycles. The van der Waals surface area contributed by atoms with Crippen molar-refractivity contribution >= 4 is 22.0 Å². The largest absolute Gasteiger partial charge is 0.444 e. The van der Waals surface area contributed by atoms with Gasteiger partial charge in [-0.05, 0) is 38.5 Å². The number of ether oxygens (including phenoxy) is 1. The fourth-order valence-corrected chi connectivity index (χ4v) is 1.97. The quantitative estimate of drug-likeness (QED) is 0.892. The molecule has 19 heavy (non-hydrogen) atoms. The van der Waals surface area contributed by atoms with Crippen molar-refractivity contribution in [2.45, 2.75) is 38.9 Å². The maximum atomic E-state index is 11.4. The molecule has 0 aliphatic heterocycles. The lowest BCUT2D eigenvalue weighted by molar-refractivity contribution is 0.0492. The van der Waals surface area contributed by atoms with Gasteiger partial charge < -0.3 is 15.2 Å². The first-order chi connectivity index (χ1) is 8.76. The van der Waals surface area contributed by atoms with Crippen molar-refractivity contribution in [3.8, 4) is 0 Å². The van der Waals surface area contributed by atoms with Crippen LogP contribution in [-0.4, -0.2) is 29.4 Å². The van der Waals surface area contributed by atoms with Crippen molar-refractivity contribution in [2.75, 3.05) is 6.54 Å². The van der Waals surface area contributed by atoms with E-state index in [1.807, 2.05) is 24.3 Å². The number of aliphatic hydroxyl groups is 1. The molecule has 1 rings (SSSR count). The maximum absolute atomic E-state index is 11.4. The summed E-state index contributed by atoms with van der Waals surface area (Å²) in [6.45, 7) is 5.56. The van der Waals surface area contributed by atoms with Crippen LogP contribution in [0, 0.1) is 0 Å². The molecule has 0 saturated heterocycles. The normalized spacial score (nSPS) is 12.9. The molecule has 0 fully saturated rings. The van der Waals surface area contributed by atoms with E-state index in [4.69, 9.17) is 4.74 Å². The highest BCUT2D eigenvalue weighted by Crippen LogP contribution is 2.13. The summed E-state index contributed by atoms with van der Waals surface area (Å²) in [7, 11) is 0. The van der Waals surface area contributed by atoms with Crippen molar-refractivity contribution in [3.63, 3.8) is 0 Å². The third-order valence-corrected chi connectivity index (χ3v) is 2.73. The summed E-state index contributed by atoms with van der Waals surface area (Å²) in [5, 5.41) is 12.4. The Morgan fingerprint density at radius 2 is 2.16 bits per heavy atom. The molecule has 2 N–H and O–H groups in total. The lowest BCUT2D eigenvalue weighted by Crippen LogP contribution is -2.37. The highest BCUT2D eigenvalue weighted by Gasteiger charge is 2.16. The molecule has 0 aliphatic carbocycles. The fourth-order valence-electron chi connectivity index (χ4n) is 1.52. The third-order valence-electron chi connectivity index (χ3n) is 2.24. The van der Waals surface area contributed by atoms with Crippen LogP contribution >= 0.6 is 15.9 Å². The number of hydrogen-bond donors (Lipinski definition) is 2. The average molecular weight is 330 g/mol. The van der Waals surface area contributed by atoms with Gasteiger partial charge >= 0.3 is 6.09 Å². The van der Waals surface area contributed by atoms with Crippen molar-refractivity contribution in [1.29, 1.82) is 0 Å². The first-order valence-electron chi connectivity index (χ1n) is 6.15. The second-order valence-electron chi connectivity index (χ2n) is 5.37. The van der Waals surface area contributed by atoms with Gasteiger partial charge in [-0.15, -0.1) is 0 Å². The highest BCUT2D eigenvalue weighted by molar-refractivity contribution is 9.10. The fraction of sp³-hybridized carbons (Fsp3) is 0.500. The van der Waals surface area contributed by atoms with E-state index in [0.717, 1.165) is 10.0 Å². The number of halogens is 1. The van der Waals surface area contributed by atoms with Gasteiger partial charge in [-0.2, -0.15) is 0 Å². The summed E-state index contributed by atoms with van der Waals surface area (Å²) in [5.41, 5.74) is 0.479. The molecule has 5 heteroatoms. The van der Waals surface area contributed by atoms with Crippen LogP contribution in [-0.2, 0) is 11.2 Å². The Bertz CT molecular complexity index is 429. The Morgan fingerprint density at radius 1 is 1.47 bits per heavy atom. The van der Waals surface area contributed by atoms with Gasteiger partial charge in [-0.3, -0.25) is 0 Å². The van der Waals surface area contributed by atoms with Crippen molar-refractivity contribution < 1.29 is 14.6 Å². The van der Waals surface area contributed by atoms with Gasteiger partial charge in [0.05, 0.1) is 6.10 Å². The molecule has 1 aromatic carbocycles. The summed E-state index contributed by atoms with van der Waals surface area (Å²) in [4.78, 5) is 11.4. The van der Waals surface area contributed by atoms with Crippen LogP contribution in [0.5, 0.6) is 0 Å². The first-order valence-corrected chi connectivity index (χ1v) is 6.95. The Hall–Kier alpha value is -1.07. The van der Waals surface area contributed by atoms with Crippen LogP contribution in [0.4, 0.5) is 4.79 Å². The molecule has 0 radical (unpaired) electrons. The Morgan fingerprint density at radius 3 is 2.74 bits per heavy atom. The Kier molecular flexibility index (Phi) is 5.82. The van der Waals surface area contributed by atoms with E-state index >= 15 is 0 Å². The molecule has 4 nitrogen and oxygen atoms in total. The van der Waals surface area contributed by atoms with Crippen LogP contribution in [0.25, 0.3) is 0 Å². The summed E-state index contributed by atoms with van der Waals surface area (Å²) in [5.74, 6) is 0. The minimum Gasteiger partial charge on any atom is -0.444 e. The van der Waals surface area contributed by atoms with Gasteiger partial charge in [-0.1, -0.05) is 28.1 Å². The number of rotatable bonds is 4. The van der Waals surface area contributed by atoms with Crippen LogP contribution < -0.4 is 5.32 Å². The number of carbonyl (C=O) groups excluding carboxylic acids is 1. The Labute approximate surface area is 122 Å².